The van der Waals surface area contributed by atoms with Crippen molar-refractivity contribution >= 4 is 45.0 Å². The Morgan fingerprint density at radius 1 is 1.18 bits per heavy atom. The van der Waals surface area contributed by atoms with Gasteiger partial charge in [-0.25, -0.2) is 5.43 Å². The number of nitrogens with zero attached hydrogens (tertiary/aromatic N) is 4. The number of halogens is 1. The largest absolute Gasteiger partial charge is 0.497 e. The summed E-state index contributed by atoms with van der Waals surface area (Å²) < 4.78 is 12.2. The number of aromatic nitrogens is 2. The topological polar surface area (TPSA) is 154 Å². The highest BCUT2D eigenvalue weighted by atomic mass is 79.9. The molecule has 0 saturated carbocycles. The zero-order chi connectivity index (χ0) is 27.9. The number of furan rings is 1. The highest BCUT2D eigenvalue weighted by molar-refractivity contribution is 9.10. The van der Waals surface area contributed by atoms with Crippen molar-refractivity contribution in [1.82, 2.24) is 15.2 Å². The third-order valence-electron chi connectivity index (χ3n) is 5.49. The Labute approximate surface area is 230 Å². The van der Waals surface area contributed by atoms with Gasteiger partial charge < -0.3 is 24.6 Å². The summed E-state index contributed by atoms with van der Waals surface area (Å²) >= 11 is 3.09. The van der Waals surface area contributed by atoms with E-state index in [1.165, 1.54) is 16.9 Å². The zero-order valence-corrected chi connectivity index (χ0v) is 22.5. The van der Waals surface area contributed by atoms with Gasteiger partial charge in [0.15, 0.2) is 5.76 Å². The number of methoxy groups -OCH3 is 1. The van der Waals surface area contributed by atoms with Crippen LogP contribution in [0.5, 0.6) is 5.75 Å². The van der Waals surface area contributed by atoms with Gasteiger partial charge in [0.2, 0.25) is 5.91 Å². The van der Waals surface area contributed by atoms with Crippen LogP contribution in [0.1, 0.15) is 34.4 Å². The standard InChI is InChI=1S/C26H23BrN6O6/c1-16(18-4-3-5-19(13-18)28-24(34)12-17-6-8-20(38-2)9-7-17)29-30-26(35)23-11-10-21(39-23)14-32-15-22(27)25(31-32)33(36)37/h3-11,13,15H,12,14H2,1-2H3,(H,28,34)(H,30,35). The first-order valence-electron chi connectivity index (χ1n) is 11.6. The lowest BCUT2D eigenvalue weighted by atomic mass is 10.1. The molecule has 0 saturated heterocycles. The molecule has 2 aromatic carbocycles. The molecule has 0 radical (unpaired) electrons. The smallest absolute Gasteiger partial charge is 0.404 e. The zero-order valence-electron chi connectivity index (χ0n) is 20.9. The van der Waals surface area contributed by atoms with Crippen molar-refractivity contribution in [2.45, 2.75) is 19.9 Å². The number of hydrazone groups is 1. The maximum atomic E-state index is 12.5. The molecule has 0 aliphatic carbocycles. The van der Waals surface area contributed by atoms with E-state index >= 15 is 0 Å². The Morgan fingerprint density at radius 2 is 1.95 bits per heavy atom. The first-order chi connectivity index (χ1) is 18.7. The fraction of sp³-hybridized carbons (Fsp3) is 0.154. The SMILES string of the molecule is COc1ccc(CC(=O)Nc2cccc(C(C)=NNC(=O)c3ccc(Cn4cc(Br)c([N+](=O)[O-])n4)o3)c2)cc1. The molecule has 13 heteroatoms. The van der Waals surface area contributed by atoms with Crippen LogP contribution in [0.25, 0.3) is 0 Å². The number of ether oxygens (including phenoxy) is 1. The van der Waals surface area contributed by atoms with Gasteiger partial charge in [0.05, 0.1) is 30.5 Å². The molecule has 12 nitrogen and oxygen atoms in total. The van der Waals surface area contributed by atoms with Crippen molar-refractivity contribution in [3.8, 4) is 5.75 Å². The average Bonchev–Trinajstić information content (AvgIpc) is 3.54. The first-order valence-corrected chi connectivity index (χ1v) is 12.3. The van der Waals surface area contributed by atoms with Gasteiger partial charge in [-0.15, -0.1) is 0 Å². The predicted molar refractivity (Wildman–Crippen MR) is 146 cm³/mol. The number of hydrogen-bond acceptors (Lipinski definition) is 8. The Hall–Kier alpha value is -4.78. The van der Waals surface area contributed by atoms with Gasteiger partial charge in [0.25, 0.3) is 0 Å². The number of benzene rings is 2. The molecule has 4 rings (SSSR count). The number of anilines is 1. The number of carbonyl (C=O) groups is 2. The summed E-state index contributed by atoms with van der Waals surface area (Å²) in [6, 6.07) is 17.4. The molecule has 0 fully saturated rings. The van der Waals surface area contributed by atoms with E-state index in [0.717, 1.165) is 11.3 Å². The minimum Gasteiger partial charge on any atom is -0.497 e. The molecule has 0 aliphatic rings. The minimum atomic E-state index is -0.603. The van der Waals surface area contributed by atoms with E-state index in [2.05, 4.69) is 36.9 Å². The van der Waals surface area contributed by atoms with Crippen molar-refractivity contribution in [2.24, 2.45) is 5.10 Å². The van der Waals surface area contributed by atoms with E-state index in [1.54, 1.807) is 56.5 Å². The lowest BCUT2D eigenvalue weighted by Gasteiger charge is -2.08. The second-order valence-electron chi connectivity index (χ2n) is 8.31. The molecule has 0 spiro atoms. The molecule has 4 aromatic rings. The van der Waals surface area contributed by atoms with E-state index < -0.39 is 10.8 Å². The summed E-state index contributed by atoms with van der Waals surface area (Å²) in [6.07, 6.45) is 1.65. The number of nitro groups is 1. The van der Waals surface area contributed by atoms with Crippen LogP contribution in [0.4, 0.5) is 11.5 Å². The molecule has 0 atom stereocenters. The second-order valence-corrected chi connectivity index (χ2v) is 9.17. The molecule has 2 heterocycles. The summed E-state index contributed by atoms with van der Waals surface area (Å²) in [5, 5.41) is 21.8. The van der Waals surface area contributed by atoms with Gasteiger partial charge in [0.1, 0.15) is 22.5 Å². The van der Waals surface area contributed by atoms with Crippen molar-refractivity contribution in [3.05, 3.63) is 104 Å². The van der Waals surface area contributed by atoms with Crippen molar-refractivity contribution in [2.75, 3.05) is 12.4 Å². The lowest BCUT2D eigenvalue weighted by Crippen LogP contribution is -2.19. The van der Waals surface area contributed by atoms with Crippen LogP contribution in [0, 0.1) is 10.1 Å². The van der Waals surface area contributed by atoms with Gasteiger partial charge >= 0.3 is 11.7 Å². The van der Waals surface area contributed by atoms with Gasteiger partial charge in [-0.2, -0.15) is 9.78 Å². The number of hydrogen-bond donors (Lipinski definition) is 2. The highest BCUT2D eigenvalue weighted by Gasteiger charge is 2.20. The lowest BCUT2D eigenvalue weighted by molar-refractivity contribution is -0.390. The normalized spacial score (nSPS) is 11.2. The Bertz CT molecular complexity index is 1540. The molecule has 200 valence electrons. The molecule has 0 aliphatic heterocycles. The van der Waals surface area contributed by atoms with Gasteiger partial charge in [0, 0.05) is 5.69 Å². The van der Waals surface area contributed by atoms with Crippen molar-refractivity contribution in [3.63, 3.8) is 0 Å². The Kier molecular flexibility index (Phi) is 8.51. The van der Waals surface area contributed by atoms with Crippen LogP contribution in [0.2, 0.25) is 0 Å². The minimum absolute atomic E-state index is 0.0156. The van der Waals surface area contributed by atoms with E-state index in [9.17, 15) is 19.7 Å². The van der Waals surface area contributed by atoms with Crippen molar-refractivity contribution in [1.29, 1.82) is 0 Å². The quantitative estimate of drug-likeness (QED) is 0.155. The van der Waals surface area contributed by atoms with Crippen LogP contribution in [0.3, 0.4) is 0 Å². The van der Waals surface area contributed by atoms with Crippen LogP contribution in [-0.4, -0.2) is 39.3 Å². The van der Waals surface area contributed by atoms with Gasteiger partial charge in [-0.3, -0.25) is 9.59 Å². The Morgan fingerprint density at radius 3 is 2.64 bits per heavy atom. The fourth-order valence-electron chi connectivity index (χ4n) is 3.55. The summed E-state index contributed by atoms with van der Waals surface area (Å²) in [5.74, 6) is 0.0519. The number of nitrogens with one attached hydrogen (secondary N) is 2. The van der Waals surface area contributed by atoms with E-state index in [4.69, 9.17) is 9.15 Å². The van der Waals surface area contributed by atoms with E-state index in [-0.39, 0.29) is 34.9 Å². The molecule has 2 N–H and O–H groups in total. The van der Waals surface area contributed by atoms with Crippen molar-refractivity contribution < 1.29 is 23.7 Å². The monoisotopic (exact) mass is 594 g/mol. The van der Waals surface area contributed by atoms with Crippen LogP contribution in [0.15, 0.2) is 80.9 Å². The number of amides is 2. The number of carbonyl (C=O) groups excluding carboxylic acids is 2. The second kappa shape index (κ2) is 12.2. The third-order valence-corrected chi connectivity index (χ3v) is 6.05. The number of rotatable bonds is 10. The highest BCUT2D eigenvalue weighted by Crippen LogP contribution is 2.23. The predicted octanol–water partition coefficient (Wildman–Crippen LogP) is 4.54. The van der Waals surface area contributed by atoms with Crippen LogP contribution in [-0.2, 0) is 17.8 Å². The Balaban J connectivity index is 1.34. The molecule has 2 amide bonds. The molecule has 0 unspecified atom stereocenters. The molecular weight excluding hydrogens is 572 g/mol. The third kappa shape index (κ3) is 7.17. The average molecular weight is 595 g/mol. The molecular formula is C26H23BrN6O6. The van der Waals surface area contributed by atoms with Crippen LogP contribution >= 0.6 is 15.9 Å². The van der Waals surface area contributed by atoms with Gasteiger partial charge in [-0.1, -0.05) is 24.3 Å². The molecule has 0 bridgehead atoms. The van der Waals surface area contributed by atoms with E-state index in [0.29, 0.717) is 22.7 Å². The van der Waals surface area contributed by atoms with Crippen LogP contribution < -0.4 is 15.5 Å². The fourth-order valence-corrected chi connectivity index (χ4v) is 4.01. The summed E-state index contributed by atoms with van der Waals surface area (Å²) in [5.41, 5.74) is 5.09. The summed E-state index contributed by atoms with van der Waals surface area (Å²) in [6.45, 7) is 1.81. The molecule has 2 aromatic heterocycles. The maximum absolute atomic E-state index is 12.5. The molecule has 39 heavy (non-hydrogen) atoms. The maximum Gasteiger partial charge on any atom is 0.404 e. The van der Waals surface area contributed by atoms with Gasteiger partial charge in [-0.05, 0) is 75.3 Å². The summed E-state index contributed by atoms with van der Waals surface area (Å²) in [7, 11) is 1.58. The first kappa shape index (κ1) is 27.3. The van der Waals surface area contributed by atoms with E-state index in [1.807, 2.05) is 12.1 Å². The summed E-state index contributed by atoms with van der Waals surface area (Å²) in [4.78, 5) is 35.3.